The minimum atomic E-state index is -0.580. The van der Waals surface area contributed by atoms with Crippen LogP contribution in [0.1, 0.15) is 50.8 Å². The van der Waals surface area contributed by atoms with Crippen molar-refractivity contribution in [2.45, 2.75) is 66.1 Å². The van der Waals surface area contributed by atoms with E-state index in [2.05, 4.69) is 21.2 Å². The van der Waals surface area contributed by atoms with Gasteiger partial charge in [-0.05, 0) is 69.9 Å². The highest BCUT2D eigenvalue weighted by molar-refractivity contribution is 9.10. The molecular weight excluding hydrogens is 456 g/mol. The Bertz CT molecular complexity index is 884. The molecule has 31 heavy (non-hydrogen) atoms. The van der Waals surface area contributed by atoms with E-state index >= 15 is 0 Å². The van der Waals surface area contributed by atoms with E-state index in [0.717, 1.165) is 21.2 Å². The molecule has 0 saturated heterocycles. The fourth-order valence-corrected chi connectivity index (χ4v) is 3.60. The highest BCUT2D eigenvalue weighted by atomic mass is 79.9. The molecule has 1 N–H and O–H groups in total. The van der Waals surface area contributed by atoms with Crippen LogP contribution in [-0.2, 0) is 16.1 Å². The number of nitrogens with zero attached hydrogens (tertiary/aromatic N) is 1. The summed E-state index contributed by atoms with van der Waals surface area (Å²) >= 11 is 3.55. The van der Waals surface area contributed by atoms with Crippen LogP contribution >= 0.6 is 15.9 Å². The first-order valence-electron chi connectivity index (χ1n) is 10.6. The third-order valence-corrected chi connectivity index (χ3v) is 6.10. The van der Waals surface area contributed by atoms with E-state index in [9.17, 15) is 9.59 Å². The van der Waals surface area contributed by atoms with Gasteiger partial charge in [0.1, 0.15) is 11.8 Å². The molecule has 2 rings (SSSR count). The van der Waals surface area contributed by atoms with Gasteiger partial charge in [-0.15, -0.1) is 0 Å². The maximum atomic E-state index is 13.2. The highest BCUT2D eigenvalue weighted by Gasteiger charge is 2.30. The molecule has 0 heterocycles. The van der Waals surface area contributed by atoms with Crippen molar-refractivity contribution in [3.63, 3.8) is 0 Å². The number of ether oxygens (including phenoxy) is 1. The van der Waals surface area contributed by atoms with Crippen LogP contribution in [0.25, 0.3) is 0 Å². The zero-order valence-electron chi connectivity index (χ0n) is 19.3. The lowest BCUT2D eigenvalue weighted by Gasteiger charge is -2.33. The molecule has 0 aliphatic heterocycles. The van der Waals surface area contributed by atoms with Gasteiger partial charge in [-0.1, -0.05) is 53.2 Å². The van der Waals surface area contributed by atoms with Crippen molar-refractivity contribution < 1.29 is 14.3 Å². The van der Waals surface area contributed by atoms with Gasteiger partial charge in [0, 0.05) is 16.6 Å². The number of aryl methyl sites for hydroxylation is 2. The van der Waals surface area contributed by atoms with E-state index in [0.29, 0.717) is 18.7 Å². The summed E-state index contributed by atoms with van der Waals surface area (Å²) in [5.41, 5.74) is 2.67. The molecule has 1 atom stereocenters. The summed E-state index contributed by atoms with van der Waals surface area (Å²) < 4.78 is 6.86. The van der Waals surface area contributed by atoms with Crippen LogP contribution in [0.4, 0.5) is 0 Å². The van der Waals surface area contributed by atoms with Crippen LogP contribution in [-0.4, -0.2) is 34.9 Å². The van der Waals surface area contributed by atoms with Crippen molar-refractivity contribution in [1.29, 1.82) is 0 Å². The first kappa shape index (κ1) is 24.9. The van der Waals surface area contributed by atoms with Crippen LogP contribution in [0.5, 0.6) is 5.75 Å². The maximum absolute atomic E-state index is 13.2. The van der Waals surface area contributed by atoms with E-state index in [1.807, 2.05) is 84.0 Å². The molecule has 2 amide bonds. The van der Waals surface area contributed by atoms with Crippen molar-refractivity contribution in [3.8, 4) is 5.75 Å². The van der Waals surface area contributed by atoms with Crippen LogP contribution in [0, 0.1) is 13.8 Å². The van der Waals surface area contributed by atoms with Gasteiger partial charge in [0.25, 0.3) is 5.91 Å². The molecule has 0 fully saturated rings. The molecule has 0 radical (unpaired) electrons. The average Bonchev–Trinajstić information content (AvgIpc) is 2.69. The number of amides is 2. The number of rotatable bonds is 8. The van der Waals surface area contributed by atoms with Gasteiger partial charge in [-0.2, -0.15) is 0 Å². The summed E-state index contributed by atoms with van der Waals surface area (Å²) in [6.45, 7) is 11.9. The Kier molecular flexibility index (Phi) is 8.69. The van der Waals surface area contributed by atoms with Crippen LogP contribution in [0.2, 0.25) is 0 Å². The predicted octanol–water partition coefficient (Wildman–Crippen LogP) is 5.17. The van der Waals surface area contributed by atoms with Gasteiger partial charge < -0.3 is 15.0 Å². The number of nitrogens with one attached hydrogen (secondary N) is 1. The summed E-state index contributed by atoms with van der Waals surface area (Å²) in [6, 6.07) is 12.9. The summed E-state index contributed by atoms with van der Waals surface area (Å²) in [5, 5.41) is 3.01. The molecule has 0 aliphatic carbocycles. The largest absolute Gasteiger partial charge is 0.484 e. The van der Waals surface area contributed by atoms with Crippen LogP contribution in [0.3, 0.4) is 0 Å². The SMILES string of the molecule is CCC(C(=O)NC(C)(C)C)N(Cc1ccccc1)C(=O)COc1cc(C)c(Br)c(C)c1. The van der Waals surface area contributed by atoms with E-state index in [4.69, 9.17) is 4.74 Å². The van der Waals surface area contributed by atoms with Crippen LogP contribution < -0.4 is 10.1 Å². The maximum Gasteiger partial charge on any atom is 0.261 e. The molecule has 0 aromatic heterocycles. The van der Waals surface area contributed by atoms with Crippen LogP contribution in [0.15, 0.2) is 46.9 Å². The smallest absolute Gasteiger partial charge is 0.261 e. The Morgan fingerprint density at radius 3 is 2.19 bits per heavy atom. The van der Waals surface area contributed by atoms with Gasteiger partial charge >= 0.3 is 0 Å². The van der Waals surface area contributed by atoms with Crippen molar-refractivity contribution in [2.24, 2.45) is 0 Å². The molecule has 0 saturated carbocycles. The fraction of sp³-hybridized carbons (Fsp3) is 0.440. The number of hydrogen-bond donors (Lipinski definition) is 1. The molecule has 1 unspecified atom stereocenters. The highest BCUT2D eigenvalue weighted by Crippen LogP contribution is 2.26. The summed E-state index contributed by atoms with van der Waals surface area (Å²) in [4.78, 5) is 27.8. The quantitative estimate of drug-likeness (QED) is 0.557. The standard InChI is InChI=1S/C25H33BrN2O3/c1-7-21(24(30)27-25(4,5)6)28(15-19-11-9-8-10-12-19)22(29)16-31-20-13-17(2)23(26)18(3)14-20/h8-14,21H,7,15-16H2,1-6H3,(H,27,30). The molecular formula is C25H33BrN2O3. The zero-order chi connectivity index (χ0) is 23.2. The molecule has 0 spiro atoms. The molecule has 0 bridgehead atoms. The van der Waals surface area contributed by atoms with Gasteiger partial charge in [-0.25, -0.2) is 0 Å². The third kappa shape index (κ3) is 7.39. The number of benzene rings is 2. The first-order valence-corrected chi connectivity index (χ1v) is 11.4. The van der Waals surface area contributed by atoms with Gasteiger partial charge in [0.2, 0.25) is 5.91 Å². The molecule has 6 heteroatoms. The minimum absolute atomic E-state index is 0.132. The zero-order valence-corrected chi connectivity index (χ0v) is 20.9. The summed E-state index contributed by atoms with van der Waals surface area (Å²) in [5.74, 6) is 0.256. The van der Waals surface area contributed by atoms with Gasteiger partial charge in [0.05, 0.1) is 0 Å². The Hall–Kier alpha value is -2.34. The van der Waals surface area contributed by atoms with E-state index in [-0.39, 0.29) is 24.0 Å². The fourth-order valence-electron chi connectivity index (χ4n) is 3.37. The summed E-state index contributed by atoms with van der Waals surface area (Å²) in [7, 11) is 0. The minimum Gasteiger partial charge on any atom is -0.484 e. The molecule has 2 aromatic rings. The second-order valence-electron chi connectivity index (χ2n) is 8.83. The first-order chi connectivity index (χ1) is 14.5. The number of halogens is 1. The second-order valence-corrected chi connectivity index (χ2v) is 9.62. The van der Waals surface area contributed by atoms with E-state index in [1.165, 1.54) is 0 Å². The van der Waals surface area contributed by atoms with E-state index < -0.39 is 6.04 Å². The Morgan fingerprint density at radius 2 is 1.68 bits per heavy atom. The Balaban J connectivity index is 2.24. The van der Waals surface area contributed by atoms with Crippen molar-refractivity contribution in [2.75, 3.05) is 6.61 Å². The number of carbonyl (C=O) groups excluding carboxylic acids is 2. The lowest BCUT2D eigenvalue weighted by Crippen LogP contribution is -2.54. The van der Waals surface area contributed by atoms with Crippen molar-refractivity contribution >= 4 is 27.7 Å². The lowest BCUT2D eigenvalue weighted by molar-refractivity contribution is -0.143. The van der Waals surface area contributed by atoms with Crippen molar-refractivity contribution in [3.05, 3.63) is 63.6 Å². The van der Waals surface area contributed by atoms with Gasteiger partial charge in [0.15, 0.2) is 6.61 Å². The topological polar surface area (TPSA) is 58.6 Å². The predicted molar refractivity (Wildman–Crippen MR) is 128 cm³/mol. The average molecular weight is 489 g/mol. The molecule has 168 valence electrons. The summed E-state index contributed by atoms with van der Waals surface area (Å²) in [6.07, 6.45) is 0.511. The van der Waals surface area contributed by atoms with Crippen molar-refractivity contribution in [1.82, 2.24) is 10.2 Å². The van der Waals surface area contributed by atoms with E-state index in [1.54, 1.807) is 4.90 Å². The monoisotopic (exact) mass is 488 g/mol. The lowest BCUT2D eigenvalue weighted by atomic mass is 10.1. The molecule has 0 aliphatic rings. The normalized spacial score (nSPS) is 12.2. The Labute approximate surface area is 194 Å². The Morgan fingerprint density at radius 1 is 1.10 bits per heavy atom. The molecule has 5 nitrogen and oxygen atoms in total. The third-order valence-electron chi connectivity index (χ3n) is 4.85. The van der Waals surface area contributed by atoms with Gasteiger partial charge in [-0.3, -0.25) is 9.59 Å². The molecule has 2 aromatic carbocycles. The number of hydrogen-bond acceptors (Lipinski definition) is 3. The number of carbonyl (C=O) groups is 2. The second kappa shape index (κ2) is 10.8.